The van der Waals surface area contributed by atoms with Crippen LogP contribution in [0.4, 0.5) is 0 Å². The number of carbonyl (C=O) groups excluding carboxylic acids is 1. The van der Waals surface area contributed by atoms with E-state index in [-0.39, 0.29) is 29.3 Å². The average molecular weight is 477 g/mol. The van der Waals surface area contributed by atoms with Gasteiger partial charge >= 0.3 is 0 Å². The van der Waals surface area contributed by atoms with Crippen molar-refractivity contribution in [2.75, 3.05) is 13.1 Å². The van der Waals surface area contributed by atoms with Gasteiger partial charge in [-0.3, -0.25) is 9.59 Å². The topological polar surface area (TPSA) is 96.8 Å². The predicted octanol–water partition coefficient (Wildman–Crippen LogP) is 3.47. The molecule has 2 aromatic heterocycles. The molecular weight excluding hydrogens is 452 g/mol. The smallest absolute Gasteiger partial charge is 0.281 e. The summed E-state index contributed by atoms with van der Waals surface area (Å²) < 4.78 is 1.68. The van der Waals surface area contributed by atoms with Crippen molar-refractivity contribution in [2.24, 2.45) is 0 Å². The molecule has 1 aliphatic heterocycles. The number of rotatable bonds is 5. The number of aryl methyl sites for hydroxylation is 1. The van der Waals surface area contributed by atoms with E-state index in [1.54, 1.807) is 10.7 Å². The zero-order valence-electron chi connectivity index (χ0n) is 18.9. The Morgan fingerprint density at radius 3 is 2.53 bits per heavy atom. The van der Waals surface area contributed by atoms with Crippen LogP contribution in [-0.4, -0.2) is 48.9 Å². The number of aromatic nitrogens is 5. The molecule has 0 aliphatic carbocycles. The number of hydrogen-bond donors (Lipinski definition) is 1. The zero-order chi connectivity index (χ0) is 23.7. The van der Waals surface area contributed by atoms with E-state index in [2.05, 4.69) is 15.3 Å². The molecule has 0 bridgehead atoms. The minimum atomic E-state index is -0.284. The molecule has 3 heterocycles. The second-order valence-electron chi connectivity index (χ2n) is 8.72. The number of nitrogens with one attached hydrogen (secondary N) is 1. The summed E-state index contributed by atoms with van der Waals surface area (Å²) in [5, 5.41) is 8.85. The van der Waals surface area contributed by atoms with Crippen molar-refractivity contribution in [1.82, 2.24) is 29.9 Å². The van der Waals surface area contributed by atoms with E-state index in [1.807, 2.05) is 54.3 Å². The summed E-state index contributed by atoms with van der Waals surface area (Å²) in [6.45, 7) is 3.75. The van der Waals surface area contributed by atoms with Crippen molar-refractivity contribution in [3.05, 3.63) is 86.4 Å². The molecule has 34 heavy (non-hydrogen) atoms. The molecular formula is C25H25ClN6O2. The summed E-state index contributed by atoms with van der Waals surface area (Å²) in [5.41, 5.74) is 3.52. The largest absolute Gasteiger partial charge is 0.342 e. The molecule has 8 nitrogen and oxygen atoms in total. The summed E-state index contributed by atoms with van der Waals surface area (Å²) in [6.07, 6.45) is 1.74. The van der Waals surface area contributed by atoms with E-state index in [9.17, 15) is 9.59 Å². The normalized spacial score (nSPS) is 14.6. The van der Waals surface area contributed by atoms with Gasteiger partial charge in [-0.25, -0.2) is 9.67 Å². The lowest BCUT2D eigenvalue weighted by Gasteiger charge is -2.31. The number of nitrogens with zero attached hydrogens (tertiary/aromatic N) is 5. The number of halogens is 1. The first kappa shape index (κ1) is 22.3. The van der Waals surface area contributed by atoms with Crippen molar-refractivity contribution >= 4 is 28.7 Å². The molecule has 1 amide bonds. The number of amides is 1. The zero-order valence-corrected chi connectivity index (χ0v) is 19.6. The molecule has 1 fully saturated rings. The molecule has 0 radical (unpaired) electrons. The standard InChI is InChI=1S/C25H25ClN6O2/c1-16-6-2-3-8-19(16)15-32-24-22(29-30-32)25(34)28-23(27-24)17-10-12-31(13-11-17)21(33)14-18-7-4-5-9-20(18)26/h2-9,17H,10-15H2,1H3,(H,27,28,34). The Balaban J connectivity index is 1.31. The van der Waals surface area contributed by atoms with Crippen LogP contribution in [0, 0.1) is 6.92 Å². The first-order chi connectivity index (χ1) is 16.5. The summed E-state index contributed by atoms with van der Waals surface area (Å²) >= 11 is 6.21. The molecule has 5 rings (SSSR count). The van der Waals surface area contributed by atoms with Gasteiger partial charge < -0.3 is 9.88 Å². The monoisotopic (exact) mass is 476 g/mol. The molecule has 4 aromatic rings. The van der Waals surface area contributed by atoms with Crippen molar-refractivity contribution in [3.8, 4) is 0 Å². The number of carbonyl (C=O) groups is 1. The van der Waals surface area contributed by atoms with Crippen LogP contribution in [0.5, 0.6) is 0 Å². The van der Waals surface area contributed by atoms with Crippen LogP contribution in [0.3, 0.4) is 0 Å². The SMILES string of the molecule is Cc1ccccc1Cn1nnc2c(=O)[nH]c(C3CCN(C(=O)Cc4ccccc4Cl)CC3)nc21. The summed E-state index contributed by atoms with van der Waals surface area (Å²) in [5.74, 6) is 0.747. The first-order valence-corrected chi connectivity index (χ1v) is 11.8. The maximum atomic E-state index is 12.8. The van der Waals surface area contributed by atoms with Gasteiger partial charge in [-0.2, -0.15) is 0 Å². The lowest BCUT2D eigenvalue weighted by Crippen LogP contribution is -2.39. The number of H-pyrrole nitrogens is 1. The Labute approximate surface area is 201 Å². The molecule has 1 aliphatic rings. The predicted molar refractivity (Wildman–Crippen MR) is 130 cm³/mol. The van der Waals surface area contributed by atoms with Gasteiger partial charge in [-0.15, -0.1) is 5.10 Å². The van der Waals surface area contributed by atoms with Crippen LogP contribution in [0.15, 0.2) is 53.3 Å². The van der Waals surface area contributed by atoms with Crippen molar-refractivity contribution in [3.63, 3.8) is 0 Å². The Kier molecular flexibility index (Phi) is 6.15. The third kappa shape index (κ3) is 4.46. The van der Waals surface area contributed by atoms with Crippen LogP contribution >= 0.6 is 11.6 Å². The molecule has 0 unspecified atom stereocenters. The Morgan fingerprint density at radius 2 is 1.79 bits per heavy atom. The molecule has 2 aromatic carbocycles. The highest BCUT2D eigenvalue weighted by Gasteiger charge is 2.26. The quantitative estimate of drug-likeness (QED) is 0.475. The maximum Gasteiger partial charge on any atom is 0.281 e. The van der Waals surface area contributed by atoms with Gasteiger partial charge in [0.2, 0.25) is 5.91 Å². The van der Waals surface area contributed by atoms with Gasteiger partial charge in [0.25, 0.3) is 5.56 Å². The molecule has 174 valence electrons. The minimum Gasteiger partial charge on any atom is -0.342 e. The summed E-state index contributed by atoms with van der Waals surface area (Å²) in [6, 6.07) is 15.5. The lowest BCUT2D eigenvalue weighted by molar-refractivity contribution is -0.131. The second kappa shape index (κ2) is 9.38. The lowest BCUT2D eigenvalue weighted by atomic mass is 9.95. The molecule has 9 heteroatoms. The number of piperidine rings is 1. The first-order valence-electron chi connectivity index (χ1n) is 11.4. The minimum absolute atomic E-state index is 0.0586. The van der Waals surface area contributed by atoms with Gasteiger partial charge in [-0.05, 0) is 42.5 Å². The molecule has 0 saturated carbocycles. The average Bonchev–Trinajstić information content (AvgIpc) is 3.25. The number of hydrogen-bond acceptors (Lipinski definition) is 5. The number of likely N-dealkylation sites (tertiary alicyclic amines) is 1. The third-order valence-electron chi connectivity index (χ3n) is 6.51. The maximum absolute atomic E-state index is 12.8. The van der Waals surface area contributed by atoms with Crippen LogP contribution in [0.1, 0.15) is 41.3 Å². The summed E-state index contributed by atoms with van der Waals surface area (Å²) in [7, 11) is 0. The number of benzene rings is 2. The van der Waals surface area contributed by atoms with Crippen molar-refractivity contribution in [1.29, 1.82) is 0 Å². The van der Waals surface area contributed by atoms with E-state index in [0.29, 0.717) is 36.1 Å². The van der Waals surface area contributed by atoms with Gasteiger partial charge in [0.05, 0.1) is 13.0 Å². The van der Waals surface area contributed by atoms with E-state index in [4.69, 9.17) is 16.6 Å². The van der Waals surface area contributed by atoms with E-state index >= 15 is 0 Å². The Morgan fingerprint density at radius 1 is 1.09 bits per heavy atom. The Bertz CT molecular complexity index is 1400. The van der Waals surface area contributed by atoms with Crippen LogP contribution in [0.25, 0.3) is 11.2 Å². The van der Waals surface area contributed by atoms with Crippen LogP contribution < -0.4 is 5.56 Å². The highest BCUT2D eigenvalue weighted by atomic mass is 35.5. The van der Waals surface area contributed by atoms with Crippen molar-refractivity contribution < 1.29 is 4.79 Å². The third-order valence-corrected chi connectivity index (χ3v) is 6.88. The van der Waals surface area contributed by atoms with E-state index < -0.39 is 0 Å². The highest BCUT2D eigenvalue weighted by molar-refractivity contribution is 6.31. The van der Waals surface area contributed by atoms with E-state index in [0.717, 1.165) is 29.5 Å². The molecule has 0 spiro atoms. The van der Waals surface area contributed by atoms with Crippen molar-refractivity contribution in [2.45, 2.75) is 38.6 Å². The van der Waals surface area contributed by atoms with Gasteiger partial charge in [0.15, 0.2) is 11.2 Å². The fourth-order valence-electron chi connectivity index (χ4n) is 4.45. The number of fused-ring (bicyclic) bond motifs is 1. The second-order valence-corrected chi connectivity index (χ2v) is 9.13. The van der Waals surface area contributed by atoms with Crippen LogP contribution in [-0.2, 0) is 17.8 Å². The fourth-order valence-corrected chi connectivity index (χ4v) is 4.65. The molecule has 1 saturated heterocycles. The van der Waals surface area contributed by atoms with Crippen LogP contribution in [0.2, 0.25) is 5.02 Å². The summed E-state index contributed by atoms with van der Waals surface area (Å²) in [4.78, 5) is 35.0. The number of aromatic amines is 1. The molecule has 0 atom stereocenters. The Hall–Kier alpha value is -3.52. The molecule has 1 N–H and O–H groups in total. The van der Waals surface area contributed by atoms with Gasteiger partial charge in [-0.1, -0.05) is 59.3 Å². The highest BCUT2D eigenvalue weighted by Crippen LogP contribution is 2.27. The van der Waals surface area contributed by atoms with Gasteiger partial charge in [0, 0.05) is 24.0 Å². The van der Waals surface area contributed by atoms with E-state index in [1.165, 1.54) is 0 Å². The van der Waals surface area contributed by atoms with Gasteiger partial charge in [0.1, 0.15) is 5.82 Å². The fraction of sp³-hybridized carbons (Fsp3) is 0.320.